The molecule has 6 aromatic heterocycles. The van der Waals surface area contributed by atoms with E-state index in [1.807, 2.05) is 119 Å². The molecule has 7 rings (SSSR count). The van der Waals surface area contributed by atoms with E-state index in [2.05, 4.69) is 65.9 Å². The van der Waals surface area contributed by atoms with Crippen molar-refractivity contribution >= 4 is 46.1 Å². The fraction of sp³-hybridized carbons (Fsp3) is 0.333. The summed E-state index contributed by atoms with van der Waals surface area (Å²) in [6, 6.07) is 13.4. The van der Waals surface area contributed by atoms with Crippen molar-refractivity contribution in [3.63, 3.8) is 0 Å². The van der Waals surface area contributed by atoms with E-state index >= 15 is 0 Å². The number of anilines is 6. The van der Waals surface area contributed by atoms with Crippen LogP contribution in [0.3, 0.4) is 0 Å². The lowest BCUT2D eigenvalue weighted by atomic mass is 10.2. The number of benzene rings is 1. The molecular formula is C45H55ClN14O3. The summed E-state index contributed by atoms with van der Waals surface area (Å²) in [5.41, 5.74) is 8.89. The van der Waals surface area contributed by atoms with E-state index in [0.717, 1.165) is 68.2 Å². The van der Waals surface area contributed by atoms with E-state index in [1.54, 1.807) is 23.3 Å². The van der Waals surface area contributed by atoms with Gasteiger partial charge in [0.1, 0.15) is 49.1 Å². The maximum atomic E-state index is 6.37. The molecule has 0 radical (unpaired) electrons. The zero-order chi connectivity index (χ0) is 45.6. The summed E-state index contributed by atoms with van der Waals surface area (Å²) in [5, 5.41) is 14.4. The Morgan fingerprint density at radius 1 is 0.540 bits per heavy atom. The summed E-state index contributed by atoms with van der Waals surface area (Å²) in [6.45, 7) is 23.5. The van der Waals surface area contributed by atoms with Gasteiger partial charge in [-0.3, -0.25) is 9.97 Å². The number of hydrogen-bond acceptors (Lipinski definition) is 16. The van der Waals surface area contributed by atoms with Gasteiger partial charge in [-0.2, -0.15) is 5.10 Å². The first-order valence-corrected chi connectivity index (χ1v) is 20.7. The second-order valence-corrected chi connectivity index (χ2v) is 15.5. The van der Waals surface area contributed by atoms with Gasteiger partial charge in [0, 0.05) is 11.9 Å². The number of hydrogen-bond donors (Lipinski definition) is 3. The maximum absolute atomic E-state index is 6.37. The van der Waals surface area contributed by atoms with Crippen molar-refractivity contribution < 1.29 is 14.2 Å². The van der Waals surface area contributed by atoms with Gasteiger partial charge >= 0.3 is 0 Å². The molecule has 0 aliphatic carbocycles. The van der Waals surface area contributed by atoms with Gasteiger partial charge in [-0.25, -0.2) is 39.6 Å². The fourth-order valence-corrected chi connectivity index (χ4v) is 5.84. The van der Waals surface area contributed by atoms with Gasteiger partial charge in [-0.05, 0) is 126 Å². The Morgan fingerprint density at radius 3 is 1.44 bits per heavy atom. The second kappa shape index (κ2) is 22.2. The minimum atomic E-state index is 0.0389. The normalized spacial score (nSPS) is 10.7. The predicted octanol–water partition coefficient (Wildman–Crippen LogP) is 9.90. The van der Waals surface area contributed by atoms with Crippen LogP contribution in [0.2, 0.25) is 5.02 Å². The Morgan fingerprint density at radius 2 is 1.02 bits per heavy atom. The van der Waals surface area contributed by atoms with E-state index in [-0.39, 0.29) is 18.3 Å². The fourth-order valence-electron chi connectivity index (χ4n) is 5.61. The molecule has 0 amide bonds. The number of ether oxygens (including phenoxy) is 3. The third kappa shape index (κ3) is 13.5. The molecule has 17 nitrogen and oxygen atoms in total. The third-order valence-electron chi connectivity index (χ3n) is 8.78. The summed E-state index contributed by atoms with van der Waals surface area (Å²) >= 11 is 6.37. The van der Waals surface area contributed by atoms with Gasteiger partial charge in [0.05, 0.1) is 74.2 Å². The average Bonchev–Trinajstić information content (AvgIpc) is 3.78. The van der Waals surface area contributed by atoms with Crippen LogP contribution in [0.25, 0.3) is 5.69 Å². The van der Waals surface area contributed by atoms with Crippen LogP contribution in [0.4, 0.5) is 34.5 Å². The van der Waals surface area contributed by atoms with Crippen LogP contribution in [0.15, 0.2) is 80.3 Å². The van der Waals surface area contributed by atoms with Crippen molar-refractivity contribution in [2.75, 3.05) is 16.0 Å². The molecule has 6 heterocycles. The Kier molecular flexibility index (Phi) is 16.6. The molecule has 63 heavy (non-hydrogen) atoms. The van der Waals surface area contributed by atoms with Crippen molar-refractivity contribution in [3.8, 4) is 23.3 Å². The molecule has 0 aliphatic heterocycles. The number of nitrogens with zero attached hydrogens (tertiary/aromatic N) is 11. The maximum Gasteiger partial charge on any atom is 0.221 e. The summed E-state index contributed by atoms with van der Waals surface area (Å²) in [5.74, 6) is 3.89. The van der Waals surface area contributed by atoms with Crippen LogP contribution in [-0.4, -0.2) is 72.9 Å². The van der Waals surface area contributed by atoms with Crippen molar-refractivity contribution in [1.82, 2.24) is 54.6 Å². The number of halogens is 1. The van der Waals surface area contributed by atoms with Gasteiger partial charge in [0.2, 0.25) is 17.6 Å². The standard InChI is InChI=1S/C16H17ClN6O.C15H20N4O.C14H18N4O/c1-10(2)24-16-11(3)15(19-8-20-16)22-14-5-4-12(6-13(14)17)23-9-18-7-21-23;1-9(2)20-15-11(4)14(16-8-17-15)19-13-7-6-10(3)18-12(13)5;1-9(2)19-14-10(3)13(16-8-17-14)18-12-6-5-7-15-11(12)4/h4-10H,1-3H3,(H,19,20,22);6-9H,1-5H3,(H,16,17,19);5-9H,1-4H3,(H,16,17,18). The quantitative estimate of drug-likeness (QED) is 0.0988. The van der Waals surface area contributed by atoms with Crippen LogP contribution in [0.5, 0.6) is 17.6 Å². The zero-order valence-electron chi connectivity index (χ0n) is 37.8. The monoisotopic (exact) mass is 874 g/mol. The first-order chi connectivity index (χ1) is 30.1. The van der Waals surface area contributed by atoms with E-state index < -0.39 is 0 Å². The lowest BCUT2D eigenvalue weighted by molar-refractivity contribution is 0.230. The lowest BCUT2D eigenvalue weighted by Gasteiger charge is -2.15. The lowest BCUT2D eigenvalue weighted by Crippen LogP contribution is -2.10. The number of pyridine rings is 2. The van der Waals surface area contributed by atoms with Crippen LogP contribution >= 0.6 is 11.6 Å². The highest BCUT2D eigenvalue weighted by atomic mass is 35.5. The summed E-state index contributed by atoms with van der Waals surface area (Å²) in [6.07, 6.45) is 9.52. The summed E-state index contributed by atoms with van der Waals surface area (Å²) in [4.78, 5) is 37.9. The van der Waals surface area contributed by atoms with Gasteiger partial charge in [-0.15, -0.1) is 0 Å². The predicted molar refractivity (Wildman–Crippen MR) is 247 cm³/mol. The number of nitrogens with one attached hydrogen (secondary N) is 3. The second-order valence-electron chi connectivity index (χ2n) is 15.1. The number of rotatable bonds is 13. The molecular weight excluding hydrogens is 820 g/mol. The summed E-state index contributed by atoms with van der Waals surface area (Å²) < 4.78 is 18.6. The topological polar surface area (TPSA) is 198 Å². The van der Waals surface area contributed by atoms with Gasteiger partial charge in [-0.1, -0.05) is 11.6 Å². The molecule has 330 valence electrons. The molecule has 0 saturated heterocycles. The largest absolute Gasteiger partial charge is 0.475 e. The molecule has 18 heteroatoms. The molecule has 0 saturated carbocycles. The molecule has 0 aliphatic rings. The van der Waals surface area contributed by atoms with Crippen LogP contribution in [-0.2, 0) is 0 Å². The van der Waals surface area contributed by atoms with Gasteiger partial charge in [0.15, 0.2) is 0 Å². The van der Waals surface area contributed by atoms with E-state index in [1.165, 1.54) is 25.3 Å². The first kappa shape index (κ1) is 47.0. The summed E-state index contributed by atoms with van der Waals surface area (Å²) in [7, 11) is 0. The van der Waals surface area contributed by atoms with Crippen molar-refractivity contribution in [1.29, 1.82) is 0 Å². The number of aryl methyl sites for hydroxylation is 3. The Bertz CT molecular complexity index is 2570. The van der Waals surface area contributed by atoms with Crippen LogP contribution in [0, 0.1) is 41.5 Å². The van der Waals surface area contributed by atoms with Crippen molar-refractivity contribution in [3.05, 3.63) is 119 Å². The highest BCUT2D eigenvalue weighted by Gasteiger charge is 2.14. The van der Waals surface area contributed by atoms with Gasteiger partial charge < -0.3 is 30.2 Å². The van der Waals surface area contributed by atoms with Gasteiger partial charge in [0.25, 0.3) is 0 Å². The Balaban J connectivity index is 0.000000180. The Labute approximate surface area is 373 Å². The van der Waals surface area contributed by atoms with Crippen molar-refractivity contribution in [2.24, 2.45) is 0 Å². The molecule has 0 fully saturated rings. The molecule has 7 aromatic rings. The Hall–Kier alpha value is -7.01. The van der Waals surface area contributed by atoms with Crippen molar-refractivity contribution in [2.45, 2.75) is 101 Å². The van der Waals surface area contributed by atoms with E-state index in [4.69, 9.17) is 25.8 Å². The number of aromatic nitrogens is 11. The molecule has 0 spiro atoms. The molecule has 1 aromatic carbocycles. The molecule has 0 atom stereocenters. The average molecular weight is 875 g/mol. The zero-order valence-corrected chi connectivity index (χ0v) is 38.5. The third-order valence-corrected chi connectivity index (χ3v) is 9.10. The highest BCUT2D eigenvalue weighted by molar-refractivity contribution is 6.33. The van der Waals surface area contributed by atoms with Crippen LogP contribution < -0.4 is 30.2 Å². The van der Waals surface area contributed by atoms with E-state index in [9.17, 15) is 0 Å². The molecule has 3 N–H and O–H groups in total. The highest BCUT2D eigenvalue weighted by Crippen LogP contribution is 2.31. The first-order valence-electron chi connectivity index (χ1n) is 20.4. The van der Waals surface area contributed by atoms with Crippen LogP contribution in [0.1, 0.15) is 75.3 Å². The minimum Gasteiger partial charge on any atom is -0.475 e. The molecule has 0 unspecified atom stereocenters. The van der Waals surface area contributed by atoms with E-state index in [0.29, 0.717) is 28.5 Å². The SMILES string of the molecule is Cc1c(Nc2ccc(-n3cncn3)cc2Cl)ncnc1OC(C)C.Cc1ccc(Nc2ncnc(OC(C)C)c2C)c(C)n1.Cc1ncccc1Nc1ncnc(OC(C)C)c1C. The smallest absolute Gasteiger partial charge is 0.221 e. The molecule has 0 bridgehead atoms. The minimum absolute atomic E-state index is 0.0389.